The molecule has 1 aliphatic heterocycles. The number of hydrogen-bond acceptors (Lipinski definition) is 4. The highest BCUT2D eigenvalue weighted by Crippen LogP contribution is 2.33. The summed E-state index contributed by atoms with van der Waals surface area (Å²) in [5.41, 5.74) is 0.492. The zero-order valence-corrected chi connectivity index (χ0v) is 14.0. The Morgan fingerprint density at radius 1 is 1.39 bits per heavy atom. The first-order valence-corrected chi connectivity index (χ1v) is 8.86. The van der Waals surface area contributed by atoms with Gasteiger partial charge in [0.1, 0.15) is 10.8 Å². The van der Waals surface area contributed by atoms with Gasteiger partial charge in [-0.1, -0.05) is 30.4 Å². The van der Waals surface area contributed by atoms with Crippen LogP contribution in [0, 0.1) is 5.82 Å². The fourth-order valence-corrected chi connectivity index (χ4v) is 3.92. The van der Waals surface area contributed by atoms with Gasteiger partial charge in [-0.05, 0) is 31.4 Å². The maximum Gasteiger partial charge on any atom is 0.222 e. The van der Waals surface area contributed by atoms with Gasteiger partial charge < -0.3 is 4.90 Å². The standard InChI is InChI=1S/C17H20FN3OS/c1-2-6-15(22)21-10-5-7-12(11-21)16-19-20-17(23-16)13-8-3-4-9-14(13)18/h3-4,8-9,12H,2,5-7,10-11H2,1H3. The van der Waals surface area contributed by atoms with Crippen LogP contribution in [-0.4, -0.2) is 34.1 Å². The Balaban J connectivity index is 1.75. The fraction of sp³-hybridized carbons (Fsp3) is 0.471. The van der Waals surface area contributed by atoms with Crippen molar-refractivity contribution in [3.05, 3.63) is 35.1 Å². The Morgan fingerprint density at radius 2 is 2.22 bits per heavy atom. The van der Waals surface area contributed by atoms with Crippen LogP contribution in [0.25, 0.3) is 10.6 Å². The molecular weight excluding hydrogens is 313 g/mol. The van der Waals surface area contributed by atoms with Crippen LogP contribution in [0.2, 0.25) is 0 Å². The summed E-state index contributed by atoms with van der Waals surface area (Å²) in [6.07, 6.45) is 3.45. The highest BCUT2D eigenvalue weighted by Gasteiger charge is 2.27. The Hall–Kier alpha value is -1.82. The van der Waals surface area contributed by atoms with Gasteiger partial charge in [0, 0.05) is 31.0 Å². The molecule has 2 aromatic rings. The average Bonchev–Trinajstić information content (AvgIpc) is 3.05. The summed E-state index contributed by atoms with van der Waals surface area (Å²) in [5.74, 6) is 0.150. The predicted molar refractivity (Wildman–Crippen MR) is 88.8 cm³/mol. The van der Waals surface area contributed by atoms with Gasteiger partial charge in [-0.25, -0.2) is 4.39 Å². The van der Waals surface area contributed by atoms with Crippen molar-refractivity contribution in [2.45, 2.75) is 38.5 Å². The van der Waals surface area contributed by atoms with Crippen LogP contribution < -0.4 is 0 Å². The van der Waals surface area contributed by atoms with Crippen molar-refractivity contribution in [3.63, 3.8) is 0 Å². The molecule has 6 heteroatoms. The maximum atomic E-state index is 13.9. The van der Waals surface area contributed by atoms with E-state index < -0.39 is 0 Å². The third-order valence-corrected chi connectivity index (χ3v) is 5.25. The Kier molecular flexibility index (Phi) is 5.00. The van der Waals surface area contributed by atoms with Crippen LogP contribution in [0.5, 0.6) is 0 Å². The highest BCUT2D eigenvalue weighted by molar-refractivity contribution is 7.14. The van der Waals surface area contributed by atoms with Crippen LogP contribution >= 0.6 is 11.3 Å². The van der Waals surface area contributed by atoms with Gasteiger partial charge in [0.15, 0.2) is 5.01 Å². The van der Waals surface area contributed by atoms with Gasteiger partial charge in [-0.15, -0.1) is 10.2 Å². The third kappa shape index (κ3) is 3.58. The van der Waals surface area contributed by atoms with Crippen LogP contribution in [0.1, 0.15) is 43.5 Å². The summed E-state index contributed by atoms with van der Waals surface area (Å²) in [5, 5.41) is 9.92. The van der Waals surface area contributed by atoms with Crippen LogP contribution in [0.4, 0.5) is 4.39 Å². The lowest BCUT2D eigenvalue weighted by atomic mass is 9.98. The SMILES string of the molecule is CCCC(=O)N1CCCC(c2nnc(-c3ccccc3F)s2)C1. The largest absolute Gasteiger partial charge is 0.342 e. The van der Waals surface area contributed by atoms with Gasteiger partial charge in [0.2, 0.25) is 5.91 Å². The molecule has 0 spiro atoms. The average molecular weight is 333 g/mol. The summed E-state index contributed by atoms with van der Waals surface area (Å²) in [7, 11) is 0. The monoisotopic (exact) mass is 333 g/mol. The molecule has 0 N–H and O–H groups in total. The van der Waals surface area contributed by atoms with E-state index in [1.807, 2.05) is 11.8 Å². The van der Waals surface area contributed by atoms with Crippen LogP contribution in [-0.2, 0) is 4.79 Å². The second-order valence-electron chi connectivity index (χ2n) is 5.85. The molecule has 1 saturated heterocycles. The van der Waals surface area contributed by atoms with Crippen molar-refractivity contribution in [1.82, 2.24) is 15.1 Å². The molecule has 1 aromatic heterocycles. The van der Waals surface area contributed by atoms with E-state index in [2.05, 4.69) is 10.2 Å². The molecule has 0 saturated carbocycles. The minimum absolute atomic E-state index is 0.211. The second kappa shape index (κ2) is 7.17. The third-order valence-electron chi connectivity index (χ3n) is 4.13. The summed E-state index contributed by atoms with van der Waals surface area (Å²) < 4.78 is 13.9. The maximum absolute atomic E-state index is 13.9. The summed E-state index contributed by atoms with van der Waals surface area (Å²) in [4.78, 5) is 14.0. The van der Waals surface area contributed by atoms with Gasteiger partial charge in [0.05, 0.1) is 0 Å². The predicted octanol–water partition coefficient (Wildman–Crippen LogP) is 3.85. The molecule has 2 heterocycles. The van der Waals surface area contributed by atoms with Gasteiger partial charge in [-0.2, -0.15) is 0 Å². The lowest BCUT2D eigenvalue weighted by Crippen LogP contribution is -2.38. The minimum atomic E-state index is -0.279. The van der Waals surface area contributed by atoms with E-state index >= 15 is 0 Å². The number of carbonyl (C=O) groups is 1. The van der Waals surface area contributed by atoms with E-state index in [4.69, 9.17) is 0 Å². The van der Waals surface area contributed by atoms with E-state index in [-0.39, 0.29) is 17.6 Å². The van der Waals surface area contributed by atoms with Crippen molar-refractivity contribution < 1.29 is 9.18 Å². The normalized spacial score (nSPS) is 18.2. The zero-order chi connectivity index (χ0) is 16.2. The van der Waals surface area contributed by atoms with E-state index in [0.717, 1.165) is 30.8 Å². The Morgan fingerprint density at radius 3 is 3.00 bits per heavy atom. The van der Waals surface area contributed by atoms with E-state index in [1.165, 1.54) is 17.4 Å². The zero-order valence-electron chi connectivity index (χ0n) is 13.2. The van der Waals surface area contributed by atoms with Gasteiger partial charge in [0.25, 0.3) is 0 Å². The molecule has 0 aliphatic carbocycles. The van der Waals surface area contributed by atoms with Crippen molar-refractivity contribution in [2.75, 3.05) is 13.1 Å². The number of nitrogens with zero attached hydrogens (tertiary/aromatic N) is 3. The number of halogens is 1. The number of likely N-dealkylation sites (tertiary alicyclic amines) is 1. The van der Waals surface area contributed by atoms with Gasteiger partial charge >= 0.3 is 0 Å². The number of hydrogen-bond donors (Lipinski definition) is 0. The number of benzene rings is 1. The first-order chi connectivity index (χ1) is 11.2. The molecule has 1 atom stereocenters. The van der Waals surface area contributed by atoms with Crippen LogP contribution in [0.3, 0.4) is 0 Å². The van der Waals surface area contributed by atoms with E-state index in [1.54, 1.807) is 18.2 Å². The quantitative estimate of drug-likeness (QED) is 0.854. The molecular formula is C17H20FN3OS. The summed E-state index contributed by atoms with van der Waals surface area (Å²) in [6, 6.07) is 6.62. The molecule has 122 valence electrons. The van der Waals surface area contributed by atoms with E-state index in [9.17, 15) is 9.18 Å². The number of carbonyl (C=O) groups excluding carboxylic acids is 1. The van der Waals surface area contributed by atoms with Crippen molar-refractivity contribution >= 4 is 17.2 Å². The molecule has 1 fully saturated rings. The molecule has 0 radical (unpaired) electrons. The van der Waals surface area contributed by atoms with Crippen molar-refractivity contribution in [2.24, 2.45) is 0 Å². The smallest absolute Gasteiger partial charge is 0.222 e. The summed E-state index contributed by atoms with van der Waals surface area (Å²) >= 11 is 1.43. The first kappa shape index (κ1) is 16.1. The number of piperidine rings is 1. The van der Waals surface area contributed by atoms with Crippen LogP contribution in [0.15, 0.2) is 24.3 Å². The molecule has 0 bridgehead atoms. The van der Waals surface area contributed by atoms with Crippen molar-refractivity contribution in [1.29, 1.82) is 0 Å². The molecule has 3 rings (SSSR count). The van der Waals surface area contributed by atoms with Gasteiger partial charge in [-0.3, -0.25) is 4.79 Å². The molecule has 23 heavy (non-hydrogen) atoms. The lowest BCUT2D eigenvalue weighted by Gasteiger charge is -2.31. The highest BCUT2D eigenvalue weighted by atomic mass is 32.1. The Bertz CT molecular complexity index is 688. The molecule has 1 amide bonds. The lowest BCUT2D eigenvalue weighted by molar-refractivity contribution is -0.132. The minimum Gasteiger partial charge on any atom is -0.342 e. The van der Waals surface area contributed by atoms with Crippen molar-refractivity contribution in [3.8, 4) is 10.6 Å². The number of amides is 1. The topological polar surface area (TPSA) is 46.1 Å². The molecule has 1 aromatic carbocycles. The number of aromatic nitrogens is 2. The fourth-order valence-electron chi connectivity index (χ4n) is 2.92. The second-order valence-corrected chi connectivity index (χ2v) is 6.86. The summed E-state index contributed by atoms with van der Waals surface area (Å²) in [6.45, 7) is 3.55. The molecule has 1 unspecified atom stereocenters. The number of rotatable bonds is 4. The van der Waals surface area contributed by atoms with E-state index in [0.29, 0.717) is 23.5 Å². The molecule has 1 aliphatic rings. The Labute approximate surface area is 139 Å². The molecule has 4 nitrogen and oxygen atoms in total. The first-order valence-electron chi connectivity index (χ1n) is 8.05.